The molecule has 1 unspecified atom stereocenters. The number of carbonyl (C=O) groups excluding carboxylic acids is 2. The lowest BCUT2D eigenvalue weighted by atomic mass is 10.00. The standard InChI is InChI=1S/C27H31N5O2S/c1-18-13-15-31(16-14-18)26-29-30-27(32(26)23-11-12-23)35-24(20-7-4-3-5-8-20)25(34)28-22-10-6-9-21(17-22)19(2)33/h3-10,17-18,23-24H,11-16H2,1-2H3,(H,28,34). The van der Waals surface area contributed by atoms with E-state index in [4.69, 9.17) is 0 Å². The van der Waals surface area contributed by atoms with Gasteiger partial charge < -0.3 is 10.2 Å². The van der Waals surface area contributed by atoms with Gasteiger partial charge in [0.15, 0.2) is 10.9 Å². The maximum atomic E-state index is 13.6. The van der Waals surface area contributed by atoms with Crippen molar-refractivity contribution in [3.05, 3.63) is 65.7 Å². The van der Waals surface area contributed by atoms with Gasteiger partial charge in [-0.2, -0.15) is 0 Å². The van der Waals surface area contributed by atoms with Crippen LogP contribution in [0.2, 0.25) is 0 Å². The minimum absolute atomic E-state index is 0.0349. The van der Waals surface area contributed by atoms with Crippen LogP contribution >= 0.6 is 11.8 Å². The van der Waals surface area contributed by atoms with Crippen LogP contribution in [0.15, 0.2) is 59.8 Å². The summed E-state index contributed by atoms with van der Waals surface area (Å²) >= 11 is 1.44. The van der Waals surface area contributed by atoms with Gasteiger partial charge in [0.05, 0.1) is 0 Å². The van der Waals surface area contributed by atoms with E-state index in [1.54, 1.807) is 24.3 Å². The van der Waals surface area contributed by atoms with Gasteiger partial charge >= 0.3 is 0 Å². The van der Waals surface area contributed by atoms with Crippen molar-refractivity contribution in [2.24, 2.45) is 5.92 Å². The average molecular weight is 490 g/mol. The van der Waals surface area contributed by atoms with Crippen molar-refractivity contribution in [3.63, 3.8) is 0 Å². The minimum atomic E-state index is -0.506. The first kappa shape index (κ1) is 23.6. The van der Waals surface area contributed by atoms with Crippen LogP contribution in [-0.2, 0) is 4.79 Å². The minimum Gasteiger partial charge on any atom is -0.341 e. The summed E-state index contributed by atoms with van der Waals surface area (Å²) in [5, 5.41) is 12.5. The van der Waals surface area contributed by atoms with Gasteiger partial charge in [0, 0.05) is 30.4 Å². The summed E-state index contributed by atoms with van der Waals surface area (Å²) in [6, 6.07) is 17.2. The van der Waals surface area contributed by atoms with Crippen molar-refractivity contribution in [3.8, 4) is 0 Å². The normalized spacial score (nSPS) is 17.3. The lowest BCUT2D eigenvalue weighted by molar-refractivity contribution is -0.115. The average Bonchev–Trinajstić information content (AvgIpc) is 3.62. The first-order valence-corrected chi connectivity index (χ1v) is 13.2. The maximum absolute atomic E-state index is 13.6. The molecule has 3 aromatic rings. The Morgan fingerprint density at radius 1 is 1.00 bits per heavy atom. The van der Waals surface area contributed by atoms with E-state index in [0.717, 1.165) is 61.4 Å². The zero-order valence-corrected chi connectivity index (χ0v) is 21.0. The van der Waals surface area contributed by atoms with Gasteiger partial charge in [-0.25, -0.2) is 0 Å². The Balaban J connectivity index is 1.42. The van der Waals surface area contributed by atoms with E-state index >= 15 is 0 Å². The molecule has 35 heavy (non-hydrogen) atoms. The second-order valence-corrected chi connectivity index (χ2v) is 10.7. The largest absolute Gasteiger partial charge is 0.341 e. The molecular weight excluding hydrogens is 458 g/mol. The predicted molar refractivity (Wildman–Crippen MR) is 139 cm³/mol. The molecule has 8 heteroatoms. The van der Waals surface area contributed by atoms with E-state index in [-0.39, 0.29) is 11.7 Å². The van der Waals surface area contributed by atoms with Crippen molar-refractivity contribution in [2.75, 3.05) is 23.3 Å². The number of anilines is 2. The fraction of sp³-hybridized carbons (Fsp3) is 0.407. The number of hydrogen-bond donors (Lipinski definition) is 1. The Labute approximate surface area is 210 Å². The fourth-order valence-corrected chi connectivity index (χ4v) is 5.56. The number of hydrogen-bond acceptors (Lipinski definition) is 6. The monoisotopic (exact) mass is 489 g/mol. The van der Waals surface area contributed by atoms with E-state index in [2.05, 4.69) is 31.9 Å². The zero-order chi connectivity index (χ0) is 24.4. The van der Waals surface area contributed by atoms with Crippen molar-refractivity contribution < 1.29 is 9.59 Å². The summed E-state index contributed by atoms with van der Waals surface area (Å²) in [5.41, 5.74) is 2.08. The van der Waals surface area contributed by atoms with E-state index in [1.165, 1.54) is 18.7 Å². The van der Waals surface area contributed by atoms with Crippen molar-refractivity contribution >= 4 is 35.1 Å². The van der Waals surface area contributed by atoms with Crippen LogP contribution in [0, 0.1) is 5.92 Å². The van der Waals surface area contributed by atoms with Crippen molar-refractivity contribution in [1.29, 1.82) is 0 Å². The topological polar surface area (TPSA) is 80.1 Å². The predicted octanol–water partition coefficient (Wildman–Crippen LogP) is 5.52. The molecule has 5 rings (SSSR count). The van der Waals surface area contributed by atoms with Crippen LogP contribution in [0.3, 0.4) is 0 Å². The summed E-state index contributed by atoms with van der Waals surface area (Å²) in [4.78, 5) is 27.7. The Bertz CT molecular complexity index is 1200. The number of Topliss-reactive ketones (excluding diaryl/α,β-unsaturated/α-hetero) is 1. The maximum Gasteiger partial charge on any atom is 0.242 e. The molecule has 1 saturated heterocycles. The number of benzene rings is 2. The van der Waals surface area contributed by atoms with Gasteiger partial charge in [-0.15, -0.1) is 10.2 Å². The molecule has 0 bridgehead atoms. The summed E-state index contributed by atoms with van der Waals surface area (Å²) in [7, 11) is 0. The third-order valence-corrected chi connectivity index (χ3v) is 7.94. The Kier molecular flexibility index (Phi) is 6.90. The first-order valence-electron chi connectivity index (χ1n) is 12.3. The Morgan fingerprint density at radius 3 is 2.43 bits per heavy atom. The molecule has 2 heterocycles. The van der Waals surface area contributed by atoms with E-state index in [9.17, 15) is 9.59 Å². The number of piperidine rings is 1. The van der Waals surface area contributed by atoms with Gasteiger partial charge in [-0.05, 0) is 56.2 Å². The summed E-state index contributed by atoms with van der Waals surface area (Å²) < 4.78 is 2.25. The van der Waals surface area contributed by atoms with Crippen molar-refractivity contribution in [1.82, 2.24) is 14.8 Å². The number of amides is 1. The highest BCUT2D eigenvalue weighted by molar-refractivity contribution is 8.00. The number of ketones is 1. The highest BCUT2D eigenvalue weighted by Gasteiger charge is 2.34. The second-order valence-electron chi connectivity index (χ2n) is 9.59. The molecule has 1 aliphatic heterocycles. The van der Waals surface area contributed by atoms with Gasteiger partial charge in [-0.3, -0.25) is 14.2 Å². The van der Waals surface area contributed by atoms with Crippen LogP contribution in [-0.4, -0.2) is 39.5 Å². The molecule has 0 spiro atoms. The van der Waals surface area contributed by atoms with Gasteiger partial charge in [0.25, 0.3) is 0 Å². The lowest BCUT2D eigenvalue weighted by Gasteiger charge is -2.31. The molecule has 1 aliphatic carbocycles. The summed E-state index contributed by atoms with van der Waals surface area (Å²) in [6.07, 6.45) is 4.55. The molecule has 7 nitrogen and oxygen atoms in total. The zero-order valence-electron chi connectivity index (χ0n) is 20.2. The smallest absolute Gasteiger partial charge is 0.242 e. The lowest BCUT2D eigenvalue weighted by Crippen LogP contribution is -2.34. The van der Waals surface area contributed by atoms with Gasteiger partial charge in [0.2, 0.25) is 11.9 Å². The number of aromatic nitrogens is 3. The molecule has 1 atom stereocenters. The number of nitrogens with one attached hydrogen (secondary N) is 1. The van der Waals surface area contributed by atoms with Crippen LogP contribution < -0.4 is 10.2 Å². The molecule has 2 aliphatic rings. The first-order chi connectivity index (χ1) is 17.0. The third-order valence-electron chi connectivity index (χ3n) is 6.73. The highest BCUT2D eigenvalue weighted by atomic mass is 32.2. The molecule has 182 valence electrons. The molecule has 1 saturated carbocycles. The quantitative estimate of drug-likeness (QED) is 0.331. The number of nitrogens with zero attached hydrogens (tertiary/aromatic N) is 4. The van der Waals surface area contributed by atoms with Crippen LogP contribution in [0.25, 0.3) is 0 Å². The van der Waals surface area contributed by atoms with E-state index < -0.39 is 5.25 Å². The van der Waals surface area contributed by atoms with Gasteiger partial charge in [0.1, 0.15) is 5.25 Å². The number of rotatable bonds is 8. The van der Waals surface area contributed by atoms with Crippen LogP contribution in [0.5, 0.6) is 0 Å². The molecule has 1 N–H and O–H groups in total. The molecule has 2 aromatic carbocycles. The van der Waals surface area contributed by atoms with E-state index in [1.807, 2.05) is 30.3 Å². The second kappa shape index (κ2) is 10.2. The van der Waals surface area contributed by atoms with Crippen LogP contribution in [0.1, 0.15) is 66.7 Å². The summed E-state index contributed by atoms with van der Waals surface area (Å²) in [5.74, 6) is 1.49. The summed E-state index contributed by atoms with van der Waals surface area (Å²) in [6.45, 7) is 5.81. The fourth-order valence-electron chi connectivity index (χ4n) is 4.46. The third kappa shape index (κ3) is 5.42. The number of thioether (sulfide) groups is 1. The van der Waals surface area contributed by atoms with Gasteiger partial charge in [-0.1, -0.05) is 61.2 Å². The Morgan fingerprint density at radius 2 is 1.74 bits per heavy atom. The van der Waals surface area contributed by atoms with Crippen molar-refractivity contribution in [2.45, 2.75) is 56.0 Å². The molecule has 1 amide bonds. The molecular formula is C27H31N5O2S. The van der Waals surface area contributed by atoms with E-state index in [0.29, 0.717) is 17.3 Å². The highest BCUT2D eigenvalue weighted by Crippen LogP contribution is 2.44. The Hall–Kier alpha value is -3.13. The van der Waals surface area contributed by atoms with Crippen LogP contribution in [0.4, 0.5) is 11.6 Å². The molecule has 0 radical (unpaired) electrons. The number of carbonyl (C=O) groups is 2. The molecule has 2 fully saturated rings. The molecule has 1 aromatic heterocycles. The SMILES string of the molecule is CC(=O)c1cccc(NC(=O)C(Sc2nnc(N3CCC(C)CC3)n2C2CC2)c2ccccc2)c1.